The van der Waals surface area contributed by atoms with Gasteiger partial charge in [0.25, 0.3) is 0 Å². The van der Waals surface area contributed by atoms with Gasteiger partial charge in [-0.15, -0.1) is 0 Å². The summed E-state index contributed by atoms with van der Waals surface area (Å²) in [5.41, 5.74) is 0. The fraction of sp³-hybridized carbons (Fsp3) is 1.00. The van der Waals surface area contributed by atoms with Crippen molar-refractivity contribution in [1.82, 2.24) is 0 Å². The summed E-state index contributed by atoms with van der Waals surface area (Å²) in [6, 6.07) is 0. The van der Waals surface area contributed by atoms with Gasteiger partial charge in [0.1, 0.15) is 6.61 Å². The summed E-state index contributed by atoms with van der Waals surface area (Å²) in [7, 11) is -0.637. The van der Waals surface area contributed by atoms with Gasteiger partial charge in [0, 0.05) is 27.3 Å². The molecule has 0 unspecified atom stereocenters. The third-order valence-corrected chi connectivity index (χ3v) is 2.40. The highest BCUT2D eigenvalue weighted by molar-refractivity contribution is 7.73. The Labute approximate surface area is 51.7 Å². The fourth-order valence-electron chi connectivity index (χ4n) is 0.327. The smallest absolute Gasteiger partial charge is 0.101 e. The van der Waals surface area contributed by atoms with E-state index in [4.69, 9.17) is 5.90 Å². The van der Waals surface area contributed by atoms with E-state index in [1.54, 1.807) is 0 Å². The number of rotatable bonds is 3. The molecule has 0 heterocycles. The van der Waals surface area contributed by atoms with E-state index in [0.29, 0.717) is 6.61 Å². The number of hydrogen-bond donors (Lipinski definition) is 1. The van der Waals surface area contributed by atoms with Crippen LogP contribution in [0.3, 0.4) is 0 Å². The van der Waals surface area contributed by atoms with Crippen molar-refractivity contribution in [3.05, 3.63) is 0 Å². The van der Waals surface area contributed by atoms with E-state index in [-0.39, 0.29) is 0 Å². The van der Waals surface area contributed by atoms with E-state index < -0.39 is 7.26 Å². The molecule has 0 amide bonds. The summed E-state index contributed by atoms with van der Waals surface area (Å²) in [5, 5.41) is 0. The van der Waals surface area contributed by atoms with Crippen molar-refractivity contribution < 1.29 is 4.84 Å². The normalized spacial score (nSPS) is 12.0. The monoisotopic (exact) mass is 136 g/mol. The van der Waals surface area contributed by atoms with Crippen molar-refractivity contribution >= 4 is 7.26 Å². The van der Waals surface area contributed by atoms with Gasteiger partial charge in [0.2, 0.25) is 0 Å². The minimum absolute atomic E-state index is 0.637. The summed E-state index contributed by atoms with van der Waals surface area (Å²) in [4.78, 5) is 4.45. The molecule has 0 saturated heterocycles. The molecule has 8 heavy (non-hydrogen) atoms. The van der Waals surface area contributed by atoms with Gasteiger partial charge in [-0.2, -0.15) is 0 Å². The molecular formula is C5H15NOP+. The Balaban J connectivity index is 3.11. The van der Waals surface area contributed by atoms with E-state index >= 15 is 0 Å². The maximum absolute atomic E-state index is 4.85. The van der Waals surface area contributed by atoms with Gasteiger partial charge in [-0.3, -0.25) is 0 Å². The maximum Gasteiger partial charge on any atom is 0.101 e. The molecule has 0 fully saturated rings. The molecular weight excluding hydrogens is 121 g/mol. The molecule has 0 aromatic rings. The molecule has 3 heteroatoms. The molecule has 0 aliphatic carbocycles. The standard InChI is InChI=1S/C5H15NOP/c1-8(2,3)5-4-7-6/h4-6H2,1-3H3/q+1. The zero-order valence-corrected chi connectivity index (χ0v) is 6.74. The van der Waals surface area contributed by atoms with E-state index in [2.05, 4.69) is 24.8 Å². The summed E-state index contributed by atoms with van der Waals surface area (Å²) < 4.78 is 0. The lowest BCUT2D eigenvalue weighted by Crippen LogP contribution is -2.07. The van der Waals surface area contributed by atoms with Crippen LogP contribution in [0.2, 0.25) is 0 Å². The van der Waals surface area contributed by atoms with E-state index in [1.165, 1.54) is 0 Å². The van der Waals surface area contributed by atoms with Crippen LogP contribution < -0.4 is 5.90 Å². The summed E-state index contributed by atoms with van der Waals surface area (Å²) >= 11 is 0. The summed E-state index contributed by atoms with van der Waals surface area (Å²) in [5.74, 6) is 4.85. The molecule has 0 aliphatic rings. The molecule has 0 spiro atoms. The Hall–Kier alpha value is 0.350. The van der Waals surface area contributed by atoms with Crippen molar-refractivity contribution in [3.63, 3.8) is 0 Å². The Morgan fingerprint density at radius 3 is 2.00 bits per heavy atom. The zero-order valence-electron chi connectivity index (χ0n) is 5.85. The lowest BCUT2D eigenvalue weighted by molar-refractivity contribution is 0.154. The van der Waals surface area contributed by atoms with Crippen molar-refractivity contribution in [2.45, 2.75) is 0 Å². The van der Waals surface area contributed by atoms with Gasteiger partial charge in [-0.1, -0.05) is 0 Å². The molecule has 0 aromatic heterocycles. The van der Waals surface area contributed by atoms with Crippen molar-refractivity contribution in [2.24, 2.45) is 5.90 Å². The Kier molecular flexibility index (Phi) is 3.54. The number of hydrogen-bond acceptors (Lipinski definition) is 2. The van der Waals surface area contributed by atoms with Gasteiger partial charge < -0.3 is 4.84 Å². The van der Waals surface area contributed by atoms with Crippen LogP contribution in [0, 0.1) is 0 Å². The van der Waals surface area contributed by atoms with E-state index in [1.807, 2.05) is 0 Å². The molecule has 0 bridgehead atoms. The number of nitrogens with two attached hydrogens (primary N) is 1. The summed E-state index contributed by atoms with van der Waals surface area (Å²) in [6.45, 7) is 7.52. The van der Waals surface area contributed by atoms with Crippen molar-refractivity contribution in [3.8, 4) is 0 Å². The highest BCUT2D eigenvalue weighted by Crippen LogP contribution is 2.45. The van der Waals surface area contributed by atoms with Gasteiger partial charge >= 0.3 is 0 Å². The first-order valence-electron chi connectivity index (χ1n) is 2.68. The maximum atomic E-state index is 4.85. The van der Waals surface area contributed by atoms with Crippen LogP contribution >= 0.6 is 7.26 Å². The second-order valence-electron chi connectivity index (χ2n) is 2.88. The molecule has 0 aromatic carbocycles. The molecule has 0 radical (unpaired) electrons. The predicted octanol–water partition coefficient (Wildman–Crippen LogP) is 0.784. The lowest BCUT2D eigenvalue weighted by Gasteiger charge is -2.09. The second-order valence-corrected chi connectivity index (χ2v) is 7.91. The second kappa shape index (κ2) is 3.39. The van der Waals surface area contributed by atoms with Gasteiger partial charge in [0.15, 0.2) is 0 Å². The molecule has 0 saturated carbocycles. The molecule has 0 rings (SSSR count). The Bertz CT molecular complexity index is 59.9. The van der Waals surface area contributed by atoms with Crippen LogP contribution in [-0.2, 0) is 4.84 Å². The minimum atomic E-state index is -0.637. The Morgan fingerprint density at radius 1 is 1.38 bits per heavy atom. The van der Waals surface area contributed by atoms with Crippen molar-refractivity contribution in [1.29, 1.82) is 0 Å². The third-order valence-electron chi connectivity index (χ3n) is 0.880. The van der Waals surface area contributed by atoms with Crippen LogP contribution in [0.25, 0.3) is 0 Å². The summed E-state index contributed by atoms with van der Waals surface area (Å²) in [6.07, 6.45) is 1.13. The molecule has 50 valence electrons. The first kappa shape index (κ1) is 8.35. The predicted molar refractivity (Wildman–Crippen MR) is 39.7 cm³/mol. The molecule has 0 atom stereocenters. The largest absolute Gasteiger partial charge is 0.301 e. The van der Waals surface area contributed by atoms with Crippen LogP contribution in [0.15, 0.2) is 0 Å². The molecule has 2 nitrogen and oxygen atoms in total. The Morgan fingerprint density at radius 2 is 1.88 bits per heavy atom. The highest BCUT2D eigenvalue weighted by Gasteiger charge is 2.15. The average molecular weight is 136 g/mol. The topological polar surface area (TPSA) is 35.2 Å². The minimum Gasteiger partial charge on any atom is -0.301 e. The first-order valence-corrected chi connectivity index (χ1v) is 6.00. The lowest BCUT2D eigenvalue weighted by atomic mass is 10.9. The third kappa shape index (κ3) is 6.35. The van der Waals surface area contributed by atoms with Crippen molar-refractivity contribution in [2.75, 3.05) is 32.8 Å². The SMILES string of the molecule is C[P+](C)(C)CCON. The average Bonchev–Trinajstić information content (AvgIpc) is 1.59. The van der Waals surface area contributed by atoms with Gasteiger partial charge in [-0.05, 0) is 0 Å². The first-order chi connectivity index (χ1) is 3.56. The van der Waals surface area contributed by atoms with E-state index in [9.17, 15) is 0 Å². The molecule has 0 aliphatic heterocycles. The van der Waals surface area contributed by atoms with Gasteiger partial charge in [0.05, 0.1) is 6.16 Å². The van der Waals surface area contributed by atoms with Crippen LogP contribution in [0.4, 0.5) is 0 Å². The fourth-order valence-corrected chi connectivity index (χ4v) is 0.980. The van der Waals surface area contributed by atoms with E-state index in [0.717, 1.165) is 6.16 Å². The van der Waals surface area contributed by atoms with Crippen LogP contribution in [0.1, 0.15) is 0 Å². The van der Waals surface area contributed by atoms with Gasteiger partial charge in [-0.25, -0.2) is 5.90 Å². The zero-order chi connectivity index (χ0) is 6.62. The highest BCUT2D eigenvalue weighted by atomic mass is 31.2. The molecule has 2 N–H and O–H groups in total. The van der Waals surface area contributed by atoms with Crippen LogP contribution in [0.5, 0.6) is 0 Å². The van der Waals surface area contributed by atoms with Crippen LogP contribution in [-0.4, -0.2) is 32.8 Å². The quantitative estimate of drug-likeness (QED) is 0.459.